The first-order valence-electron chi connectivity index (χ1n) is 8.49. The second-order valence-corrected chi connectivity index (χ2v) is 6.59. The Balaban J connectivity index is 1.82. The number of pyridine rings is 1. The molecule has 3 aromatic heterocycles. The number of rotatable bonds is 5. The third-order valence-corrected chi connectivity index (χ3v) is 4.02. The minimum Gasteiger partial charge on any atom is -0.474 e. The molecule has 0 atom stereocenters. The van der Waals surface area contributed by atoms with Crippen LogP contribution in [0.25, 0.3) is 16.7 Å². The number of amides is 1. The Bertz CT molecular complexity index is 1020. The Morgan fingerprint density at radius 1 is 1.33 bits per heavy atom. The van der Waals surface area contributed by atoms with Gasteiger partial charge in [0.15, 0.2) is 0 Å². The normalized spacial score (nSPS) is 14.4. The predicted octanol–water partition coefficient (Wildman–Crippen LogP) is 3.43. The Morgan fingerprint density at radius 2 is 2.11 bits per heavy atom. The number of alkyl halides is 2. The third kappa shape index (κ3) is 3.71. The molecule has 27 heavy (non-hydrogen) atoms. The molecule has 0 radical (unpaired) electrons. The van der Waals surface area contributed by atoms with Crippen molar-refractivity contribution in [3.63, 3.8) is 0 Å². The van der Waals surface area contributed by atoms with Crippen LogP contribution in [0.3, 0.4) is 0 Å². The first kappa shape index (κ1) is 17.3. The van der Waals surface area contributed by atoms with Crippen molar-refractivity contribution >= 4 is 22.6 Å². The maximum atomic E-state index is 13.9. The molecule has 0 bridgehead atoms. The van der Waals surface area contributed by atoms with Crippen LogP contribution in [0.5, 0.6) is 5.88 Å². The molecule has 1 amide bonds. The van der Waals surface area contributed by atoms with Crippen molar-refractivity contribution in [1.82, 2.24) is 19.5 Å². The van der Waals surface area contributed by atoms with Gasteiger partial charge >= 0.3 is 5.92 Å². The molecule has 0 unspecified atom stereocenters. The number of halogens is 2. The summed E-state index contributed by atoms with van der Waals surface area (Å²) < 4.78 is 35.0. The molecule has 0 spiro atoms. The van der Waals surface area contributed by atoms with Crippen LogP contribution in [0, 0.1) is 0 Å². The molecular formula is C18H17F2N5O2. The van der Waals surface area contributed by atoms with Gasteiger partial charge in [0.25, 0.3) is 0 Å². The number of carbonyl (C=O) groups excluding carboxylic acids is 1. The van der Waals surface area contributed by atoms with Gasteiger partial charge in [-0.05, 0) is 18.9 Å². The van der Waals surface area contributed by atoms with Gasteiger partial charge in [-0.2, -0.15) is 13.8 Å². The summed E-state index contributed by atoms with van der Waals surface area (Å²) in [5, 5.41) is 3.38. The Kier molecular flexibility index (Phi) is 4.01. The molecular weight excluding hydrogens is 356 g/mol. The summed E-state index contributed by atoms with van der Waals surface area (Å²) in [6, 6.07) is 4.97. The van der Waals surface area contributed by atoms with E-state index in [0.717, 1.165) is 25.2 Å². The van der Waals surface area contributed by atoms with Crippen molar-refractivity contribution in [2.45, 2.75) is 38.7 Å². The Labute approximate surface area is 153 Å². The standard InChI is InChI=1S/C18H17F2N5O2/c1-10(26)22-14-7-13-11(9-21-14)5-6-25(13)15-8-16(27-12-3-4-12)24-17(23-15)18(2,19)20/h5-9,12H,3-4H2,1-2H3,(H,21,22,26). The summed E-state index contributed by atoms with van der Waals surface area (Å²) in [7, 11) is 0. The monoisotopic (exact) mass is 373 g/mol. The summed E-state index contributed by atoms with van der Waals surface area (Å²) in [6.45, 7) is 2.13. The second kappa shape index (κ2) is 6.26. The highest BCUT2D eigenvalue weighted by molar-refractivity contribution is 5.91. The van der Waals surface area contributed by atoms with Crippen LogP contribution in [-0.4, -0.2) is 31.5 Å². The first-order chi connectivity index (χ1) is 12.8. The zero-order valence-corrected chi connectivity index (χ0v) is 14.7. The van der Waals surface area contributed by atoms with Gasteiger partial charge in [0, 0.05) is 43.8 Å². The Morgan fingerprint density at radius 3 is 2.78 bits per heavy atom. The topological polar surface area (TPSA) is 81.9 Å². The molecule has 1 aliphatic carbocycles. The number of fused-ring (bicyclic) bond motifs is 1. The Hall–Kier alpha value is -3.10. The summed E-state index contributed by atoms with van der Waals surface area (Å²) in [6.07, 6.45) is 5.08. The van der Waals surface area contributed by atoms with E-state index in [1.165, 1.54) is 13.0 Å². The van der Waals surface area contributed by atoms with E-state index in [2.05, 4.69) is 20.3 Å². The van der Waals surface area contributed by atoms with Crippen molar-refractivity contribution in [3.8, 4) is 11.7 Å². The number of carbonyl (C=O) groups is 1. The lowest BCUT2D eigenvalue weighted by molar-refractivity contribution is -0.114. The summed E-state index contributed by atoms with van der Waals surface area (Å²) >= 11 is 0. The van der Waals surface area contributed by atoms with Crippen LogP contribution in [0.1, 0.15) is 32.5 Å². The molecule has 1 saturated carbocycles. The molecule has 3 aromatic rings. The summed E-state index contributed by atoms with van der Waals surface area (Å²) in [5.74, 6) is -3.32. The van der Waals surface area contributed by atoms with Crippen LogP contribution in [0.15, 0.2) is 30.6 Å². The largest absolute Gasteiger partial charge is 0.474 e. The smallest absolute Gasteiger partial charge is 0.304 e. The molecule has 1 aliphatic rings. The van der Waals surface area contributed by atoms with Gasteiger partial charge in [0.1, 0.15) is 17.7 Å². The van der Waals surface area contributed by atoms with E-state index in [1.54, 1.807) is 29.1 Å². The second-order valence-electron chi connectivity index (χ2n) is 6.59. The summed E-state index contributed by atoms with van der Waals surface area (Å²) in [5.41, 5.74) is 0.662. The zero-order valence-electron chi connectivity index (χ0n) is 14.7. The van der Waals surface area contributed by atoms with Crippen LogP contribution in [0.2, 0.25) is 0 Å². The lowest BCUT2D eigenvalue weighted by Gasteiger charge is -2.14. The molecule has 0 aromatic carbocycles. The summed E-state index contributed by atoms with van der Waals surface area (Å²) in [4.78, 5) is 23.3. The van der Waals surface area contributed by atoms with E-state index in [4.69, 9.17) is 4.74 Å². The molecule has 9 heteroatoms. The van der Waals surface area contributed by atoms with Crippen molar-refractivity contribution in [2.75, 3.05) is 5.32 Å². The van der Waals surface area contributed by atoms with Gasteiger partial charge in [-0.25, -0.2) is 9.97 Å². The molecule has 3 heterocycles. The number of hydrogen-bond donors (Lipinski definition) is 1. The highest BCUT2D eigenvalue weighted by atomic mass is 19.3. The van der Waals surface area contributed by atoms with Gasteiger partial charge in [0.05, 0.1) is 5.52 Å². The number of hydrogen-bond acceptors (Lipinski definition) is 5. The van der Waals surface area contributed by atoms with Crippen LogP contribution >= 0.6 is 0 Å². The van der Waals surface area contributed by atoms with E-state index in [9.17, 15) is 13.6 Å². The number of ether oxygens (including phenoxy) is 1. The third-order valence-electron chi connectivity index (χ3n) is 4.02. The van der Waals surface area contributed by atoms with Gasteiger partial charge in [-0.1, -0.05) is 0 Å². The van der Waals surface area contributed by atoms with E-state index < -0.39 is 11.7 Å². The van der Waals surface area contributed by atoms with Crippen molar-refractivity contribution in [3.05, 3.63) is 36.4 Å². The molecule has 1 fully saturated rings. The fraction of sp³-hybridized carbons (Fsp3) is 0.333. The lowest BCUT2D eigenvalue weighted by Crippen LogP contribution is -2.16. The minimum absolute atomic E-state index is 0.0167. The van der Waals surface area contributed by atoms with E-state index in [0.29, 0.717) is 11.3 Å². The number of nitrogens with zero attached hydrogens (tertiary/aromatic N) is 4. The quantitative estimate of drug-likeness (QED) is 0.741. The maximum absolute atomic E-state index is 13.9. The van der Waals surface area contributed by atoms with E-state index in [1.807, 2.05) is 0 Å². The lowest BCUT2D eigenvalue weighted by atomic mass is 10.3. The minimum atomic E-state index is -3.20. The molecule has 0 aliphatic heterocycles. The van der Waals surface area contributed by atoms with Gasteiger partial charge in [-0.15, -0.1) is 0 Å². The van der Waals surface area contributed by atoms with Crippen molar-refractivity contribution < 1.29 is 18.3 Å². The highest BCUT2D eigenvalue weighted by Crippen LogP contribution is 2.31. The van der Waals surface area contributed by atoms with E-state index >= 15 is 0 Å². The average Bonchev–Trinajstić information content (AvgIpc) is 3.29. The number of aromatic nitrogens is 4. The van der Waals surface area contributed by atoms with Gasteiger partial charge < -0.3 is 14.6 Å². The van der Waals surface area contributed by atoms with Crippen molar-refractivity contribution in [2.24, 2.45) is 0 Å². The number of anilines is 1. The SMILES string of the molecule is CC(=O)Nc1cc2c(ccn2-c2cc(OC3CC3)nc(C(C)(F)F)n2)cn1. The highest BCUT2D eigenvalue weighted by Gasteiger charge is 2.31. The molecule has 0 saturated heterocycles. The van der Waals surface area contributed by atoms with Crippen LogP contribution < -0.4 is 10.1 Å². The van der Waals surface area contributed by atoms with Crippen molar-refractivity contribution in [1.29, 1.82) is 0 Å². The number of nitrogens with one attached hydrogen (secondary N) is 1. The van der Waals surface area contributed by atoms with Gasteiger partial charge in [-0.3, -0.25) is 4.79 Å². The molecule has 4 rings (SSSR count). The predicted molar refractivity (Wildman–Crippen MR) is 94.2 cm³/mol. The zero-order chi connectivity index (χ0) is 19.2. The fourth-order valence-corrected chi connectivity index (χ4v) is 2.63. The molecule has 7 nitrogen and oxygen atoms in total. The molecule has 140 valence electrons. The average molecular weight is 373 g/mol. The maximum Gasteiger partial charge on any atom is 0.304 e. The fourth-order valence-electron chi connectivity index (χ4n) is 2.63. The van der Waals surface area contributed by atoms with E-state index in [-0.39, 0.29) is 23.7 Å². The van der Waals surface area contributed by atoms with Crippen LogP contribution in [0.4, 0.5) is 14.6 Å². The molecule has 1 N–H and O–H groups in total. The first-order valence-corrected chi connectivity index (χ1v) is 8.49. The van der Waals surface area contributed by atoms with Gasteiger partial charge in [0.2, 0.25) is 17.6 Å². The van der Waals surface area contributed by atoms with Crippen LogP contribution in [-0.2, 0) is 10.7 Å².